The molecule has 0 aliphatic carbocycles. The SMILES string of the molecule is COc1ccc2c(c1)cc(C)c1nnc(SCC(=O)Nc3ccccc3OC)n12. The third-order valence-electron chi connectivity index (χ3n) is 4.55. The van der Waals surface area contributed by atoms with Gasteiger partial charge in [0.2, 0.25) is 5.91 Å². The minimum atomic E-state index is -0.144. The molecule has 1 amide bonds. The van der Waals surface area contributed by atoms with Crippen LogP contribution in [0.2, 0.25) is 0 Å². The fourth-order valence-electron chi connectivity index (χ4n) is 3.18. The van der Waals surface area contributed by atoms with Crippen molar-refractivity contribution in [3.05, 3.63) is 54.1 Å². The number of methoxy groups -OCH3 is 2. The van der Waals surface area contributed by atoms with Gasteiger partial charge in [-0.05, 0) is 48.9 Å². The van der Waals surface area contributed by atoms with Crippen molar-refractivity contribution in [2.45, 2.75) is 12.1 Å². The number of para-hydroxylation sites is 2. The third kappa shape index (κ3) is 3.71. The molecule has 7 nitrogen and oxygen atoms in total. The molecule has 0 radical (unpaired) electrons. The second kappa shape index (κ2) is 8.00. The van der Waals surface area contributed by atoms with Crippen LogP contribution in [0.4, 0.5) is 5.69 Å². The highest BCUT2D eigenvalue weighted by Gasteiger charge is 2.15. The number of pyridine rings is 1. The Morgan fingerprint density at radius 2 is 1.93 bits per heavy atom. The summed E-state index contributed by atoms with van der Waals surface area (Å²) in [6, 6.07) is 15.2. The molecule has 0 atom stereocenters. The summed E-state index contributed by atoms with van der Waals surface area (Å²) in [5.41, 5.74) is 3.38. The van der Waals surface area contributed by atoms with E-state index in [2.05, 4.69) is 21.6 Å². The zero-order chi connectivity index (χ0) is 20.4. The fraction of sp³-hybridized carbons (Fsp3) is 0.190. The monoisotopic (exact) mass is 408 g/mol. The van der Waals surface area contributed by atoms with Gasteiger partial charge in [-0.25, -0.2) is 0 Å². The van der Waals surface area contributed by atoms with Gasteiger partial charge in [-0.1, -0.05) is 23.9 Å². The van der Waals surface area contributed by atoms with Gasteiger partial charge in [0.1, 0.15) is 11.5 Å². The highest BCUT2D eigenvalue weighted by molar-refractivity contribution is 7.99. The lowest BCUT2D eigenvalue weighted by atomic mass is 10.1. The largest absolute Gasteiger partial charge is 0.497 e. The number of ether oxygens (including phenoxy) is 2. The number of hydrogen-bond donors (Lipinski definition) is 1. The maximum atomic E-state index is 12.5. The fourth-order valence-corrected chi connectivity index (χ4v) is 3.92. The minimum absolute atomic E-state index is 0.144. The number of rotatable bonds is 6. The summed E-state index contributed by atoms with van der Waals surface area (Å²) >= 11 is 1.34. The minimum Gasteiger partial charge on any atom is -0.497 e. The van der Waals surface area contributed by atoms with Gasteiger partial charge in [0.25, 0.3) is 0 Å². The molecule has 0 aliphatic heterocycles. The Balaban J connectivity index is 1.60. The van der Waals surface area contributed by atoms with Crippen molar-refractivity contribution >= 4 is 39.9 Å². The first-order chi connectivity index (χ1) is 14.1. The molecule has 4 aromatic rings. The molecule has 0 saturated heterocycles. The van der Waals surface area contributed by atoms with E-state index in [1.807, 2.05) is 41.7 Å². The normalized spacial score (nSPS) is 11.0. The number of aryl methyl sites for hydroxylation is 1. The van der Waals surface area contributed by atoms with E-state index in [4.69, 9.17) is 9.47 Å². The summed E-state index contributed by atoms with van der Waals surface area (Å²) in [6.07, 6.45) is 0. The average Bonchev–Trinajstić information content (AvgIpc) is 3.17. The Labute approximate surface area is 172 Å². The smallest absolute Gasteiger partial charge is 0.234 e. The number of carbonyl (C=O) groups is 1. The standard InChI is InChI=1S/C21H20N4O3S/c1-13-10-14-11-15(27-2)8-9-17(14)25-20(13)23-24-21(25)29-12-19(26)22-16-6-4-5-7-18(16)28-3/h4-11H,12H2,1-3H3,(H,22,26). The summed E-state index contributed by atoms with van der Waals surface area (Å²) < 4.78 is 12.6. The van der Waals surface area contributed by atoms with E-state index < -0.39 is 0 Å². The van der Waals surface area contributed by atoms with E-state index >= 15 is 0 Å². The first-order valence-electron chi connectivity index (χ1n) is 8.99. The van der Waals surface area contributed by atoms with Crippen LogP contribution in [-0.2, 0) is 4.79 Å². The number of aromatic nitrogens is 3. The summed E-state index contributed by atoms with van der Waals surface area (Å²) in [4.78, 5) is 12.5. The van der Waals surface area contributed by atoms with E-state index in [0.29, 0.717) is 16.6 Å². The lowest BCUT2D eigenvalue weighted by molar-refractivity contribution is -0.113. The number of thioether (sulfide) groups is 1. The van der Waals surface area contributed by atoms with Gasteiger partial charge >= 0.3 is 0 Å². The van der Waals surface area contributed by atoms with Crippen molar-refractivity contribution in [3.8, 4) is 11.5 Å². The van der Waals surface area contributed by atoms with Gasteiger partial charge < -0.3 is 14.8 Å². The summed E-state index contributed by atoms with van der Waals surface area (Å²) in [5.74, 6) is 1.46. The average molecular weight is 408 g/mol. The molecule has 148 valence electrons. The number of nitrogens with one attached hydrogen (secondary N) is 1. The molecular formula is C21H20N4O3S. The van der Waals surface area contributed by atoms with Gasteiger partial charge in [-0.2, -0.15) is 0 Å². The molecular weight excluding hydrogens is 388 g/mol. The molecule has 0 unspecified atom stereocenters. The summed E-state index contributed by atoms with van der Waals surface area (Å²) in [6.45, 7) is 1.99. The molecule has 0 saturated carbocycles. The highest BCUT2D eigenvalue weighted by Crippen LogP contribution is 2.28. The summed E-state index contributed by atoms with van der Waals surface area (Å²) in [5, 5.41) is 13.2. The molecule has 2 heterocycles. The van der Waals surface area contributed by atoms with Crippen molar-refractivity contribution in [1.29, 1.82) is 0 Å². The maximum Gasteiger partial charge on any atom is 0.234 e. The molecule has 8 heteroatoms. The lowest BCUT2D eigenvalue weighted by Crippen LogP contribution is -2.15. The van der Waals surface area contributed by atoms with E-state index in [-0.39, 0.29) is 11.7 Å². The van der Waals surface area contributed by atoms with E-state index in [1.165, 1.54) is 11.8 Å². The number of anilines is 1. The number of nitrogens with zero attached hydrogens (tertiary/aromatic N) is 3. The van der Waals surface area contributed by atoms with Crippen LogP contribution >= 0.6 is 11.8 Å². The Kier molecular flexibility index (Phi) is 5.26. The number of hydrogen-bond acceptors (Lipinski definition) is 6. The van der Waals surface area contributed by atoms with Crippen molar-refractivity contribution in [1.82, 2.24) is 14.6 Å². The number of amides is 1. The number of benzene rings is 2. The molecule has 1 N–H and O–H groups in total. The van der Waals surface area contributed by atoms with Gasteiger partial charge in [0.05, 0.1) is 31.2 Å². The van der Waals surface area contributed by atoms with Gasteiger partial charge in [0, 0.05) is 5.39 Å². The van der Waals surface area contributed by atoms with Gasteiger partial charge in [0.15, 0.2) is 10.8 Å². The first-order valence-corrected chi connectivity index (χ1v) is 9.97. The third-order valence-corrected chi connectivity index (χ3v) is 5.48. The van der Waals surface area contributed by atoms with E-state index in [1.54, 1.807) is 26.4 Å². The van der Waals surface area contributed by atoms with Crippen molar-refractivity contribution in [2.24, 2.45) is 0 Å². The summed E-state index contributed by atoms with van der Waals surface area (Å²) in [7, 11) is 3.22. The Bertz CT molecular complexity index is 1210. The predicted octanol–water partition coefficient (Wildman–Crippen LogP) is 3.94. The first kappa shape index (κ1) is 19.1. The van der Waals surface area contributed by atoms with E-state index in [9.17, 15) is 4.79 Å². The number of fused-ring (bicyclic) bond motifs is 3. The van der Waals surface area contributed by atoms with E-state index in [0.717, 1.165) is 27.9 Å². The molecule has 0 fully saturated rings. The number of carbonyl (C=O) groups excluding carboxylic acids is 1. The quantitative estimate of drug-likeness (QED) is 0.487. The topological polar surface area (TPSA) is 77.8 Å². The Hall–Kier alpha value is -3.26. The lowest BCUT2D eigenvalue weighted by Gasteiger charge is -2.10. The van der Waals surface area contributed by atoms with Crippen LogP contribution < -0.4 is 14.8 Å². The van der Waals surface area contributed by atoms with Crippen molar-refractivity contribution < 1.29 is 14.3 Å². The molecule has 0 spiro atoms. The van der Waals surface area contributed by atoms with Gasteiger partial charge in [-0.3, -0.25) is 9.20 Å². The van der Waals surface area contributed by atoms with Crippen LogP contribution in [0.25, 0.3) is 16.6 Å². The Morgan fingerprint density at radius 1 is 1.10 bits per heavy atom. The van der Waals surface area contributed by atoms with Crippen LogP contribution in [0.1, 0.15) is 5.56 Å². The molecule has 2 aromatic carbocycles. The molecule has 0 aliphatic rings. The molecule has 29 heavy (non-hydrogen) atoms. The molecule has 0 bridgehead atoms. The van der Waals surface area contributed by atoms with Crippen LogP contribution in [0, 0.1) is 6.92 Å². The second-order valence-electron chi connectivity index (χ2n) is 6.43. The molecule has 2 aromatic heterocycles. The van der Waals surface area contributed by atoms with Crippen molar-refractivity contribution in [2.75, 3.05) is 25.3 Å². The van der Waals surface area contributed by atoms with Crippen molar-refractivity contribution in [3.63, 3.8) is 0 Å². The molecule has 4 rings (SSSR count). The van der Waals surface area contributed by atoms with Crippen LogP contribution in [0.5, 0.6) is 11.5 Å². The Morgan fingerprint density at radius 3 is 2.72 bits per heavy atom. The zero-order valence-electron chi connectivity index (χ0n) is 16.3. The highest BCUT2D eigenvalue weighted by atomic mass is 32.2. The second-order valence-corrected chi connectivity index (χ2v) is 7.37. The predicted molar refractivity (Wildman–Crippen MR) is 114 cm³/mol. The zero-order valence-corrected chi connectivity index (χ0v) is 17.1. The van der Waals surface area contributed by atoms with Gasteiger partial charge in [-0.15, -0.1) is 10.2 Å². The van der Waals surface area contributed by atoms with Crippen LogP contribution in [0.3, 0.4) is 0 Å². The maximum absolute atomic E-state index is 12.5. The van der Waals surface area contributed by atoms with Crippen LogP contribution in [0.15, 0.2) is 53.7 Å². The van der Waals surface area contributed by atoms with Crippen LogP contribution in [-0.4, -0.2) is 40.5 Å².